The van der Waals surface area contributed by atoms with Gasteiger partial charge in [0.1, 0.15) is 11.5 Å². The summed E-state index contributed by atoms with van der Waals surface area (Å²) < 4.78 is 10.4. The summed E-state index contributed by atoms with van der Waals surface area (Å²) in [6, 6.07) is 12.6. The van der Waals surface area contributed by atoms with Gasteiger partial charge in [0.15, 0.2) is 5.43 Å². The van der Waals surface area contributed by atoms with Crippen LogP contribution in [-0.2, 0) is 17.8 Å². The summed E-state index contributed by atoms with van der Waals surface area (Å²) in [6.07, 6.45) is 0.697. The van der Waals surface area contributed by atoms with E-state index < -0.39 is 0 Å². The van der Waals surface area contributed by atoms with Crippen molar-refractivity contribution < 1.29 is 14.3 Å². The molecule has 0 atom stereocenters. The number of hydrogen-bond acceptors (Lipinski definition) is 5. The number of amides is 1. The number of nitrogens with one attached hydrogen (secondary N) is 2. The monoisotopic (exact) mass is 393 g/mol. The Hall–Kier alpha value is -3.32. The molecule has 1 aliphatic heterocycles. The number of carbonyl (C=O) groups is 1. The van der Waals surface area contributed by atoms with Crippen LogP contribution in [0, 0.1) is 0 Å². The predicted octanol–water partition coefficient (Wildman–Crippen LogP) is 2.54. The smallest absolute Gasteiger partial charge is 0.238 e. The van der Waals surface area contributed by atoms with Crippen LogP contribution >= 0.6 is 0 Å². The SMILES string of the molecule is COc1ccc(NC(=O)CN2CCc3[nH]c4ccc(OC)cc4c(=O)c3C2)cc1. The van der Waals surface area contributed by atoms with Crippen LogP contribution in [0.25, 0.3) is 10.9 Å². The molecular formula is C22H23N3O4. The first-order valence-electron chi connectivity index (χ1n) is 9.45. The molecular weight excluding hydrogens is 370 g/mol. The minimum Gasteiger partial charge on any atom is -0.497 e. The van der Waals surface area contributed by atoms with E-state index in [9.17, 15) is 9.59 Å². The molecule has 1 aliphatic rings. The van der Waals surface area contributed by atoms with Gasteiger partial charge < -0.3 is 19.8 Å². The zero-order chi connectivity index (χ0) is 20.4. The van der Waals surface area contributed by atoms with Gasteiger partial charge in [-0.15, -0.1) is 0 Å². The molecule has 0 aliphatic carbocycles. The number of methoxy groups -OCH3 is 2. The number of carbonyl (C=O) groups excluding carboxylic acids is 1. The quantitative estimate of drug-likeness (QED) is 0.696. The molecule has 0 saturated carbocycles. The van der Waals surface area contributed by atoms with E-state index in [0.717, 1.165) is 17.0 Å². The summed E-state index contributed by atoms with van der Waals surface area (Å²) in [5, 5.41) is 3.49. The van der Waals surface area contributed by atoms with Gasteiger partial charge in [-0.1, -0.05) is 0 Å². The van der Waals surface area contributed by atoms with Crippen molar-refractivity contribution in [2.45, 2.75) is 13.0 Å². The number of aromatic amines is 1. The van der Waals surface area contributed by atoms with Crippen LogP contribution in [0.3, 0.4) is 0 Å². The number of anilines is 1. The molecule has 2 N–H and O–H groups in total. The molecule has 4 rings (SSSR count). The van der Waals surface area contributed by atoms with Crippen LogP contribution in [0.1, 0.15) is 11.3 Å². The first-order chi connectivity index (χ1) is 14.1. The summed E-state index contributed by atoms with van der Waals surface area (Å²) in [5.41, 5.74) is 3.17. The van der Waals surface area contributed by atoms with E-state index in [1.165, 1.54) is 0 Å². The van der Waals surface area contributed by atoms with Crippen LogP contribution in [0.2, 0.25) is 0 Å². The maximum Gasteiger partial charge on any atom is 0.238 e. The number of H-pyrrole nitrogens is 1. The molecule has 7 heteroatoms. The first kappa shape index (κ1) is 19.0. The normalized spacial score (nSPS) is 13.7. The van der Waals surface area contributed by atoms with Crippen molar-refractivity contribution in [1.82, 2.24) is 9.88 Å². The van der Waals surface area contributed by atoms with E-state index in [4.69, 9.17) is 9.47 Å². The van der Waals surface area contributed by atoms with Crippen molar-refractivity contribution in [3.63, 3.8) is 0 Å². The third kappa shape index (κ3) is 3.95. The molecule has 2 aromatic carbocycles. The van der Waals surface area contributed by atoms with Crippen molar-refractivity contribution in [3.05, 3.63) is 63.9 Å². The Kier molecular flexibility index (Phi) is 5.22. The van der Waals surface area contributed by atoms with E-state index in [2.05, 4.69) is 10.3 Å². The maximum absolute atomic E-state index is 13.0. The predicted molar refractivity (Wildman–Crippen MR) is 112 cm³/mol. The van der Waals surface area contributed by atoms with Crippen molar-refractivity contribution in [2.24, 2.45) is 0 Å². The summed E-state index contributed by atoms with van der Waals surface area (Å²) in [4.78, 5) is 30.8. The fraction of sp³-hybridized carbons (Fsp3) is 0.273. The molecule has 0 unspecified atom stereocenters. The highest BCUT2D eigenvalue weighted by Crippen LogP contribution is 2.22. The Bertz CT molecular complexity index is 1110. The second kappa shape index (κ2) is 7.97. The van der Waals surface area contributed by atoms with E-state index in [-0.39, 0.29) is 17.9 Å². The Morgan fingerprint density at radius 2 is 1.83 bits per heavy atom. The number of rotatable bonds is 5. The molecule has 29 heavy (non-hydrogen) atoms. The highest BCUT2D eigenvalue weighted by Gasteiger charge is 2.22. The fourth-order valence-corrected chi connectivity index (χ4v) is 3.65. The van der Waals surface area contributed by atoms with Crippen LogP contribution in [-0.4, -0.2) is 43.1 Å². The van der Waals surface area contributed by atoms with Gasteiger partial charge in [-0.3, -0.25) is 14.5 Å². The molecule has 0 spiro atoms. The average Bonchev–Trinajstić information content (AvgIpc) is 2.74. The number of hydrogen-bond donors (Lipinski definition) is 2. The van der Waals surface area contributed by atoms with E-state index in [1.54, 1.807) is 44.6 Å². The van der Waals surface area contributed by atoms with Crippen LogP contribution in [0.4, 0.5) is 5.69 Å². The lowest BCUT2D eigenvalue weighted by molar-refractivity contribution is -0.117. The molecule has 7 nitrogen and oxygen atoms in total. The van der Waals surface area contributed by atoms with Crippen molar-refractivity contribution in [2.75, 3.05) is 32.6 Å². The van der Waals surface area contributed by atoms with Gasteiger partial charge >= 0.3 is 0 Å². The molecule has 0 saturated heterocycles. The fourth-order valence-electron chi connectivity index (χ4n) is 3.65. The van der Waals surface area contributed by atoms with Gasteiger partial charge in [0, 0.05) is 47.4 Å². The minimum absolute atomic E-state index is 0.00656. The van der Waals surface area contributed by atoms with Gasteiger partial charge in [0.25, 0.3) is 0 Å². The van der Waals surface area contributed by atoms with E-state index in [0.29, 0.717) is 41.9 Å². The highest BCUT2D eigenvalue weighted by molar-refractivity contribution is 5.92. The summed E-state index contributed by atoms with van der Waals surface area (Å²) in [5.74, 6) is 1.27. The van der Waals surface area contributed by atoms with Crippen LogP contribution in [0.15, 0.2) is 47.3 Å². The average molecular weight is 393 g/mol. The summed E-state index contributed by atoms with van der Waals surface area (Å²) in [7, 11) is 3.18. The molecule has 0 fully saturated rings. The second-order valence-corrected chi connectivity index (χ2v) is 7.06. The Labute approximate surface area is 168 Å². The van der Waals surface area contributed by atoms with Crippen LogP contribution < -0.4 is 20.2 Å². The van der Waals surface area contributed by atoms with E-state index >= 15 is 0 Å². The van der Waals surface area contributed by atoms with Gasteiger partial charge in [0.2, 0.25) is 5.91 Å². The lowest BCUT2D eigenvalue weighted by atomic mass is 10.0. The van der Waals surface area contributed by atoms with Gasteiger partial charge in [-0.25, -0.2) is 0 Å². The summed E-state index contributed by atoms with van der Waals surface area (Å²) >= 11 is 0. The molecule has 1 aromatic heterocycles. The Morgan fingerprint density at radius 3 is 2.55 bits per heavy atom. The minimum atomic E-state index is -0.113. The van der Waals surface area contributed by atoms with Crippen LogP contribution in [0.5, 0.6) is 11.5 Å². The Balaban J connectivity index is 1.49. The lowest BCUT2D eigenvalue weighted by Gasteiger charge is -2.27. The van der Waals surface area contributed by atoms with Gasteiger partial charge in [-0.2, -0.15) is 0 Å². The topological polar surface area (TPSA) is 83.7 Å². The van der Waals surface area contributed by atoms with Crippen molar-refractivity contribution >= 4 is 22.5 Å². The zero-order valence-electron chi connectivity index (χ0n) is 16.5. The third-order valence-electron chi connectivity index (χ3n) is 5.20. The van der Waals surface area contributed by atoms with Crippen molar-refractivity contribution in [3.8, 4) is 11.5 Å². The molecule has 0 bridgehead atoms. The summed E-state index contributed by atoms with van der Waals surface area (Å²) in [6.45, 7) is 1.37. The lowest BCUT2D eigenvalue weighted by Crippen LogP contribution is -2.39. The van der Waals surface area contributed by atoms with Gasteiger partial charge in [-0.05, 0) is 42.5 Å². The number of pyridine rings is 1. The second-order valence-electron chi connectivity index (χ2n) is 7.06. The standard InChI is InChI=1S/C22H23N3O4/c1-28-15-5-3-14(4-6-15)23-21(26)13-25-10-9-20-18(12-25)22(27)17-11-16(29-2)7-8-19(17)24-20/h3-8,11H,9-10,12-13H2,1-2H3,(H,23,26)(H,24,27). The first-order valence-corrected chi connectivity index (χ1v) is 9.45. The number of ether oxygens (including phenoxy) is 2. The number of fused-ring (bicyclic) bond motifs is 2. The maximum atomic E-state index is 13.0. The zero-order valence-corrected chi connectivity index (χ0v) is 16.5. The number of aromatic nitrogens is 1. The Morgan fingerprint density at radius 1 is 1.10 bits per heavy atom. The molecule has 3 aromatic rings. The van der Waals surface area contributed by atoms with E-state index in [1.807, 2.05) is 17.0 Å². The van der Waals surface area contributed by atoms with Crippen molar-refractivity contribution in [1.29, 1.82) is 0 Å². The molecule has 1 amide bonds. The molecule has 2 heterocycles. The number of benzene rings is 2. The molecule has 0 radical (unpaired) electrons. The largest absolute Gasteiger partial charge is 0.497 e. The highest BCUT2D eigenvalue weighted by atomic mass is 16.5. The molecule has 150 valence electrons. The number of nitrogens with zero attached hydrogens (tertiary/aromatic N) is 1. The third-order valence-corrected chi connectivity index (χ3v) is 5.20. The van der Waals surface area contributed by atoms with Gasteiger partial charge in [0.05, 0.1) is 20.8 Å².